The van der Waals surface area contributed by atoms with Gasteiger partial charge in [0, 0.05) is 6.04 Å². The molecule has 0 heterocycles. The molecular formula is C19H30FN. The van der Waals surface area contributed by atoms with Crippen molar-refractivity contribution in [2.75, 3.05) is 7.05 Å². The number of nitrogens with one attached hydrogen (secondary N) is 1. The van der Waals surface area contributed by atoms with E-state index in [4.69, 9.17) is 0 Å². The van der Waals surface area contributed by atoms with Gasteiger partial charge >= 0.3 is 0 Å². The van der Waals surface area contributed by atoms with Gasteiger partial charge < -0.3 is 5.32 Å². The molecule has 2 rings (SSSR count). The summed E-state index contributed by atoms with van der Waals surface area (Å²) in [6, 6.07) is 5.45. The number of rotatable bonds is 3. The second kappa shape index (κ2) is 6.48. The summed E-state index contributed by atoms with van der Waals surface area (Å²) in [6.45, 7) is 9.14. The van der Waals surface area contributed by atoms with Gasteiger partial charge in [-0.3, -0.25) is 0 Å². The van der Waals surface area contributed by atoms with E-state index >= 15 is 0 Å². The molecule has 0 spiro atoms. The van der Waals surface area contributed by atoms with Crippen molar-refractivity contribution in [3.63, 3.8) is 0 Å². The predicted octanol–water partition coefficient (Wildman–Crippen LogP) is 5.25. The molecule has 1 aliphatic carbocycles. The molecule has 118 valence electrons. The fourth-order valence-electron chi connectivity index (χ4n) is 3.91. The van der Waals surface area contributed by atoms with E-state index in [9.17, 15) is 4.39 Å². The van der Waals surface area contributed by atoms with Crippen LogP contribution in [-0.4, -0.2) is 7.05 Å². The van der Waals surface area contributed by atoms with E-state index in [1.807, 2.05) is 13.1 Å². The van der Waals surface area contributed by atoms with Crippen LogP contribution < -0.4 is 5.32 Å². The third-order valence-electron chi connectivity index (χ3n) is 5.36. The Balaban J connectivity index is 2.11. The first-order valence-corrected chi connectivity index (χ1v) is 8.26. The highest BCUT2D eigenvalue weighted by atomic mass is 19.1. The van der Waals surface area contributed by atoms with E-state index < -0.39 is 0 Å². The molecule has 1 saturated carbocycles. The Kier molecular flexibility index (Phi) is 5.08. The van der Waals surface area contributed by atoms with E-state index in [0.717, 1.165) is 11.5 Å². The molecule has 1 fully saturated rings. The zero-order valence-corrected chi connectivity index (χ0v) is 14.2. The monoisotopic (exact) mass is 291 g/mol. The zero-order chi connectivity index (χ0) is 15.6. The number of benzene rings is 1. The van der Waals surface area contributed by atoms with Gasteiger partial charge in [0.15, 0.2) is 0 Å². The van der Waals surface area contributed by atoms with E-state index in [0.29, 0.717) is 11.3 Å². The van der Waals surface area contributed by atoms with Gasteiger partial charge in [-0.2, -0.15) is 0 Å². The van der Waals surface area contributed by atoms with E-state index in [1.54, 1.807) is 12.1 Å². The van der Waals surface area contributed by atoms with Crippen LogP contribution in [0.4, 0.5) is 4.39 Å². The van der Waals surface area contributed by atoms with E-state index in [1.165, 1.54) is 31.2 Å². The lowest BCUT2D eigenvalue weighted by atomic mass is 9.68. The lowest BCUT2D eigenvalue weighted by Gasteiger charge is -2.40. The normalized spacial score (nSPS) is 24.9. The molecule has 0 aliphatic heterocycles. The van der Waals surface area contributed by atoms with Crippen molar-refractivity contribution < 1.29 is 4.39 Å². The van der Waals surface area contributed by atoms with E-state index in [-0.39, 0.29) is 11.9 Å². The molecule has 1 aromatic carbocycles. The first-order valence-electron chi connectivity index (χ1n) is 8.26. The molecule has 1 aliphatic rings. The van der Waals surface area contributed by atoms with Gasteiger partial charge in [-0.1, -0.05) is 26.8 Å². The van der Waals surface area contributed by atoms with Gasteiger partial charge in [0.05, 0.1) is 0 Å². The van der Waals surface area contributed by atoms with Gasteiger partial charge in [0.1, 0.15) is 5.82 Å². The smallest absolute Gasteiger partial charge is 0.123 e. The molecule has 1 aromatic rings. The van der Waals surface area contributed by atoms with Gasteiger partial charge in [0.2, 0.25) is 0 Å². The summed E-state index contributed by atoms with van der Waals surface area (Å²) in [5, 5.41) is 3.44. The number of halogens is 1. The Morgan fingerprint density at radius 1 is 1.14 bits per heavy atom. The van der Waals surface area contributed by atoms with Crippen LogP contribution in [0.15, 0.2) is 18.2 Å². The van der Waals surface area contributed by atoms with Crippen LogP contribution in [0.25, 0.3) is 0 Å². The molecule has 0 radical (unpaired) electrons. The van der Waals surface area contributed by atoms with Crippen molar-refractivity contribution in [2.24, 2.45) is 17.3 Å². The second-order valence-corrected chi connectivity index (χ2v) is 7.74. The predicted molar refractivity (Wildman–Crippen MR) is 87.8 cm³/mol. The quantitative estimate of drug-likeness (QED) is 0.802. The topological polar surface area (TPSA) is 12.0 Å². The molecule has 2 heteroatoms. The fourth-order valence-corrected chi connectivity index (χ4v) is 3.91. The maximum absolute atomic E-state index is 13.6. The van der Waals surface area contributed by atoms with Crippen LogP contribution in [-0.2, 0) is 0 Å². The van der Waals surface area contributed by atoms with Crippen molar-refractivity contribution in [3.8, 4) is 0 Å². The maximum Gasteiger partial charge on any atom is 0.123 e. The van der Waals surface area contributed by atoms with Crippen molar-refractivity contribution in [1.29, 1.82) is 0 Å². The Bertz CT molecular complexity index is 467. The highest BCUT2D eigenvalue weighted by Gasteiger charge is 2.33. The molecule has 21 heavy (non-hydrogen) atoms. The largest absolute Gasteiger partial charge is 0.313 e. The van der Waals surface area contributed by atoms with Crippen molar-refractivity contribution in [1.82, 2.24) is 5.32 Å². The summed E-state index contributed by atoms with van der Waals surface area (Å²) in [5.41, 5.74) is 2.74. The third-order valence-corrected chi connectivity index (χ3v) is 5.36. The van der Waals surface area contributed by atoms with Crippen molar-refractivity contribution in [3.05, 3.63) is 35.1 Å². The molecule has 1 nitrogen and oxygen atoms in total. The highest BCUT2D eigenvalue weighted by Crippen LogP contribution is 2.43. The van der Waals surface area contributed by atoms with Crippen LogP contribution in [0.2, 0.25) is 0 Å². The SMILES string of the molecule is CNC(c1cc(F)ccc1C)C1CCC(C(C)(C)C)CC1. The van der Waals surface area contributed by atoms with E-state index in [2.05, 4.69) is 33.0 Å². The minimum Gasteiger partial charge on any atom is -0.313 e. The van der Waals surface area contributed by atoms with Crippen LogP contribution >= 0.6 is 0 Å². The summed E-state index contributed by atoms with van der Waals surface area (Å²) < 4.78 is 13.6. The van der Waals surface area contributed by atoms with Crippen LogP contribution in [0, 0.1) is 30.0 Å². The Hall–Kier alpha value is -0.890. The van der Waals surface area contributed by atoms with Crippen LogP contribution in [0.3, 0.4) is 0 Å². The van der Waals surface area contributed by atoms with Crippen LogP contribution in [0.5, 0.6) is 0 Å². The maximum atomic E-state index is 13.6. The molecule has 0 saturated heterocycles. The summed E-state index contributed by atoms with van der Waals surface area (Å²) in [5.74, 6) is 1.31. The first-order chi connectivity index (χ1) is 9.82. The molecule has 1 unspecified atom stereocenters. The fraction of sp³-hybridized carbons (Fsp3) is 0.684. The molecule has 0 amide bonds. The minimum absolute atomic E-state index is 0.126. The first kappa shape index (κ1) is 16.5. The Morgan fingerprint density at radius 3 is 2.29 bits per heavy atom. The zero-order valence-electron chi connectivity index (χ0n) is 14.2. The van der Waals surface area contributed by atoms with Gasteiger partial charge in [0.25, 0.3) is 0 Å². The van der Waals surface area contributed by atoms with Gasteiger partial charge in [-0.25, -0.2) is 4.39 Å². The molecular weight excluding hydrogens is 261 g/mol. The lowest BCUT2D eigenvalue weighted by Crippen LogP contribution is -2.32. The number of hydrogen-bond donors (Lipinski definition) is 1. The average Bonchev–Trinajstić information content (AvgIpc) is 2.43. The molecule has 1 N–H and O–H groups in total. The minimum atomic E-state index is -0.126. The van der Waals surface area contributed by atoms with Crippen LogP contribution in [0.1, 0.15) is 63.6 Å². The molecule has 0 bridgehead atoms. The standard InChI is InChI=1S/C19H30FN/c1-13-6-11-16(20)12-17(13)18(21-5)14-7-9-15(10-8-14)19(2,3)4/h6,11-12,14-15,18,21H,7-10H2,1-5H3. The summed E-state index contributed by atoms with van der Waals surface area (Å²) in [4.78, 5) is 0. The van der Waals surface area contributed by atoms with Gasteiger partial charge in [-0.15, -0.1) is 0 Å². The summed E-state index contributed by atoms with van der Waals surface area (Å²) in [7, 11) is 2.00. The Labute approximate surface area is 129 Å². The number of aryl methyl sites for hydroxylation is 1. The average molecular weight is 291 g/mol. The highest BCUT2D eigenvalue weighted by molar-refractivity contribution is 5.30. The lowest BCUT2D eigenvalue weighted by molar-refractivity contribution is 0.134. The van der Waals surface area contributed by atoms with Crippen molar-refractivity contribution in [2.45, 2.75) is 59.4 Å². The summed E-state index contributed by atoms with van der Waals surface area (Å²) >= 11 is 0. The molecule has 1 atom stereocenters. The Morgan fingerprint density at radius 2 is 1.76 bits per heavy atom. The number of hydrogen-bond acceptors (Lipinski definition) is 1. The molecule has 0 aromatic heterocycles. The van der Waals surface area contributed by atoms with Gasteiger partial charge in [-0.05, 0) is 80.2 Å². The third kappa shape index (κ3) is 3.85. The summed E-state index contributed by atoms with van der Waals surface area (Å²) in [6.07, 6.45) is 5.06. The van der Waals surface area contributed by atoms with Crippen molar-refractivity contribution >= 4 is 0 Å². The second-order valence-electron chi connectivity index (χ2n) is 7.74.